The lowest BCUT2D eigenvalue weighted by molar-refractivity contribution is -0.120. The standard InChI is InChI=1S/C13H16N4O/c1-3-11(10-7-5-4-6-8-10)12(18)9-13-14-16-17(2)15-13/h4-8,11H,3,9H2,1-2H3. The summed E-state index contributed by atoms with van der Waals surface area (Å²) in [5.41, 5.74) is 1.05. The zero-order valence-electron chi connectivity index (χ0n) is 10.6. The van der Waals surface area contributed by atoms with Gasteiger partial charge in [-0.1, -0.05) is 37.3 Å². The molecule has 5 heteroatoms. The fourth-order valence-corrected chi connectivity index (χ4v) is 2.01. The Labute approximate surface area is 106 Å². The summed E-state index contributed by atoms with van der Waals surface area (Å²) in [6.07, 6.45) is 1.02. The summed E-state index contributed by atoms with van der Waals surface area (Å²) in [7, 11) is 1.69. The van der Waals surface area contributed by atoms with Crippen LogP contribution in [0.4, 0.5) is 0 Å². The Bertz CT molecular complexity index is 521. The van der Waals surface area contributed by atoms with Crippen LogP contribution >= 0.6 is 0 Å². The number of Topliss-reactive ketones (excluding diaryl/α,β-unsaturated/α-hetero) is 1. The predicted octanol–water partition coefficient (Wildman–Crippen LogP) is 1.52. The third-order valence-electron chi connectivity index (χ3n) is 2.88. The minimum absolute atomic E-state index is 0.0880. The lowest BCUT2D eigenvalue weighted by atomic mass is 9.91. The first-order valence-corrected chi connectivity index (χ1v) is 6.01. The highest BCUT2D eigenvalue weighted by molar-refractivity contribution is 5.87. The van der Waals surface area contributed by atoms with Gasteiger partial charge in [-0.2, -0.15) is 4.80 Å². The second-order valence-electron chi connectivity index (χ2n) is 4.21. The first-order chi connectivity index (χ1) is 8.70. The van der Waals surface area contributed by atoms with Crippen LogP contribution in [0.15, 0.2) is 30.3 Å². The lowest BCUT2D eigenvalue weighted by Gasteiger charge is -2.12. The Morgan fingerprint density at radius 2 is 2.06 bits per heavy atom. The number of hydrogen-bond acceptors (Lipinski definition) is 4. The normalized spacial score (nSPS) is 12.3. The zero-order chi connectivity index (χ0) is 13.0. The van der Waals surface area contributed by atoms with Gasteiger partial charge in [0.2, 0.25) is 0 Å². The fourth-order valence-electron chi connectivity index (χ4n) is 2.01. The minimum atomic E-state index is -0.0880. The van der Waals surface area contributed by atoms with E-state index in [1.165, 1.54) is 4.80 Å². The molecule has 0 aliphatic rings. The molecule has 2 rings (SSSR count). The highest BCUT2D eigenvalue weighted by Gasteiger charge is 2.20. The van der Waals surface area contributed by atoms with Crippen LogP contribution in [0.3, 0.4) is 0 Å². The Hall–Kier alpha value is -2.04. The summed E-state index contributed by atoms with van der Waals surface area (Å²) in [6, 6.07) is 9.81. The summed E-state index contributed by atoms with van der Waals surface area (Å²) >= 11 is 0. The van der Waals surface area contributed by atoms with Crippen LogP contribution in [0.1, 0.15) is 30.7 Å². The van der Waals surface area contributed by atoms with Gasteiger partial charge in [-0.15, -0.1) is 10.2 Å². The van der Waals surface area contributed by atoms with E-state index in [9.17, 15) is 4.79 Å². The van der Waals surface area contributed by atoms with Gasteiger partial charge in [-0.3, -0.25) is 4.79 Å². The van der Waals surface area contributed by atoms with Crippen molar-refractivity contribution in [3.63, 3.8) is 0 Å². The quantitative estimate of drug-likeness (QED) is 0.800. The van der Waals surface area contributed by atoms with Crippen LogP contribution in [0.25, 0.3) is 0 Å². The molecular weight excluding hydrogens is 228 g/mol. The smallest absolute Gasteiger partial charge is 0.182 e. The number of carbonyl (C=O) groups excluding carboxylic acids is 1. The lowest BCUT2D eigenvalue weighted by Crippen LogP contribution is -2.15. The van der Waals surface area contributed by atoms with Crippen molar-refractivity contribution >= 4 is 5.78 Å². The minimum Gasteiger partial charge on any atom is -0.299 e. The first kappa shape index (κ1) is 12.4. The third kappa shape index (κ3) is 2.80. The first-order valence-electron chi connectivity index (χ1n) is 6.01. The molecule has 1 aromatic carbocycles. The third-order valence-corrected chi connectivity index (χ3v) is 2.88. The molecule has 1 atom stereocenters. The molecule has 0 bridgehead atoms. The predicted molar refractivity (Wildman–Crippen MR) is 67.0 cm³/mol. The van der Waals surface area contributed by atoms with Crippen LogP contribution in [0.5, 0.6) is 0 Å². The van der Waals surface area contributed by atoms with Crippen LogP contribution in [0.2, 0.25) is 0 Å². The molecule has 0 saturated carbocycles. The maximum Gasteiger partial charge on any atom is 0.182 e. The molecule has 0 aliphatic carbocycles. The van der Waals surface area contributed by atoms with Crippen LogP contribution < -0.4 is 0 Å². The van der Waals surface area contributed by atoms with Crippen molar-refractivity contribution < 1.29 is 4.79 Å². The molecule has 0 N–H and O–H groups in total. The van der Waals surface area contributed by atoms with E-state index in [4.69, 9.17) is 0 Å². The Balaban J connectivity index is 2.11. The number of aromatic nitrogens is 4. The summed E-state index contributed by atoms with van der Waals surface area (Å²) in [4.78, 5) is 13.6. The summed E-state index contributed by atoms with van der Waals surface area (Å²) < 4.78 is 0. The van der Waals surface area contributed by atoms with E-state index in [2.05, 4.69) is 15.4 Å². The number of hydrogen-bond donors (Lipinski definition) is 0. The van der Waals surface area contributed by atoms with Gasteiger partial charge in [0.25, 0.3) is 0 Å². The number of benzene rings is 1. The number of rotatable bonds is 5. The van der Waals surface area contributed by atoms with Gasteiger partial charge in [-0.25, -0.2) is 0 Å². The van der Waals surface area contributed by atoms with Gasteiger partial charge < -0.3 is 0 Å². The maximum atomic E-state index is 12.2. The van der Waals surface area contributed by atoms with Gasteiger partial charge >= 0.3 is 0 Å². The largest absolute Gasteiger partial charge is 0.299 e. The molecule has 1 aromatic heterocycles. The molecule has 0 spiro atoms. The Morgan fingerprint density at radius 1 is 1.33 bits per heavy atom. The van der Waals surface area contributed by atoms with Crippen molar-refractivity contribution in [3.05, 3.63) is 41.7 Å². The van der Waals surface area contributed by atoms with Gasteiger partial charge in [0.05, 0.1) is 13.5 Å². The van der Waals surface area contributed by atoms with E-state index >= 15 is 0 Å². The molecule has 0 saturated heterocycles. The molecule has 0 fully saturated rings. The molecular formula is C13H16N4O. The Morgan fingerprint density at radius 3 is 2.61 bits per heavy atom. The molecule has 94 valence electrons. The average molecular weight is 244 g/mol. The topological polar surface area (TPSA) is 60.7 Å². The zero-order valence-corrected chi connectivity index (χ0v) is 10.6. The van der Waals surface area contributed by atoms with E-state index in [0.29, 0.717) is 5.82 Å². The van der Waals surface area contributed by atoms with Crippen molar-refractivity contribution in [3.8, 4) is 0 Å². The second-order valence-corrected chi connectivity index (χ2v) is 4.21. The average Bonchev–Trinajstić information content (AvgIpc) is 2.77. The van der Waals surface area contributed by atoms with E-state index in [0.717, 1.165) is 12.0 Å². The highest BCUT2D eigenvalue weighted by atomic mass is 16.1. The summed E-state index contributed by atoms with van der Waals surface area (Å²) in [6.45, 7) is 2.01. The molecule has 0 amide bonds. The summed E-state index contributed by atoms with van der Waals surface area (Å²) in [5.74, 6) is 0.531. The monoisotopic (exact) mass is 244 g/mol. The number of carbonyl (C=O) groups is 1. The van der Waals surface area contributed by atoms with Gasteiger partial charge in [0.1, 0.15) is 5.78 Å². The Kier molecular flexibility index (Phi) is 3.82. The van der Waals surface area contributed by atoms with E-state index in [1.54, 1.807) is 7.05 Å². The van der Waals surface area contributed by atoms with Crippen molar-refractivity contribution in [2.45, 2.75) is 25.7 Å². The molecule has 1 unspecified atom stereocenters. The van der Waals surface area contributed by atoms with Crippen molar-refractivity contribution in [2.24, 2.45) is 7.05 Å². The molecule has 18 heavy (non-hydrogen) atoms. The van der Waals surface area contributed by atoms with E-state index < -0.39 is 0 Å². The van der Waals surface area contributed by atoms with Crippen LogP contribution in [-0.4, -0.2) is 26.0 Å². The highest BCUT2D eigenvalue weighted by Crippen LogP contribution is 2.21. The number of aryl methyl sites for hydroxylation is 1. The van der Waals surface area contributed by atoms with Gasteiger partial charge in [-0.05, 0) is 17.2 Å². The number of tetrazole rings is 1. The molecule has 5 nitrogen and oxygen atoms in total. The molecule has 1 heterocycles. The van der Waals surface area contributed by atoms with Crippen LogP contribution in [-0.2, 0) is 18.3 Å². The fraction of sp³-hybridized carbons (Fsp3) is 0.385. The maximum absolute atomic E-state index is 12.2. The van der Waals surface area contributed by atoms with E-state index in [-0.39, 0.29) is 18.1 Å². The second kappa shape index (κ2) is 5.53. The number of nitrogens with zero attached hydrogens (tertiary/aromatic N) is 4. The van der Waals surface area contributed by atoms with Gasteiger partial charge in [0, 0.05) is 5.92 Å². The van der Waals surface area contributed by atoms with Crippen molar-refractivity contribution in [1.82, 2.24) is 20.2 Å². The SMILES string of the molecule is CCC(C(=O)Cc1nnn(C)n1)c1ccccc1. The molecule has 0 aliphatic heterocycles. The number of ketones is 1. The van der Waals surface area contributed by atoms with Crippen LogP contribution in [0, 0.1) is 0 Å². The van der Waals surface area contributed by atoms with Crippen molar-refractivity contribution in [2.75, 3.05) is 0 Å². The van der Waals surface area contributed by atoms with E-state index in [1.807, 2.05) is 37.3 Å². The molecule has 0 radical (unpaired) electrons. The summed E-state index contributed by atoms with van der Waals surface area (Å²) in [5, 5.41) is 11.6. The van der Waals surface area contributed by atoms with Gasteiger partial charge in [0.15, 0.2) is 5.82 Å². The van der Waals surface area contributed by atoms with Crippen molar-refractivity contribution in [1.29, 1.82) is 0 Å². The molecule has 2 aromatic rings.